The number of para-hydroxylation sites is 3. The second-order valence-electron chi connectivity index (χ2n) is 19.2. The molecule has 2 saturated carbocycles. The summed E-state index contributed by atoms with van der Waals surface area (Å²) < 4.78 is 0. The van der Waals surface area contributed by atoms with Crippen molar-refractivity contribution in [2.24, 2.45) is 5.92 Å². The van der Waals surface area contributed by atoms with Gasteiger partial charge in [-0.05, 0) is 79.3 Å². The Kier molecular flexibility index (Phi) is 25.4. The highest BCUT2D eigenvalue weighted by atomic mass is 16.3. The van der Waals surface area contributed by atoms with E-state index in [4.69, 9.17) is 0 Å². The van der Waals surface area contributed by atoms with Crippen LogP contribution in [0.5, 0.6) is 5.75 Å². The molecule has 0 aliphatic heterocycles. The van der Waals surface area contributed by atoms with Crippen LogP contribution in [-0.2, 0) is 6.42 Å². The van der Waals surface area contributed by atoms with Crippen LogP contribution in [0.3, 0.4) is 0 Å². The molecule has 6 rings (SSSR count). The van der Waals surface area contributed by atoms with Gasteiger partial charge >= 0.3 is 18.1 Å². The highest BCUT2D eigenvalue weighted by Crippen LogP contribution is 2.30. The SMILES string of the molecule is C1CCCCCCCCCCCCC1.CCCC[C@@H](CN(C(=O)Nc1ccccc1)[C@@H](CNC(=O)Nc1ccccc1)CC1CCCCC1)N(CCc1ccc(O)cc1)C(=O)Nc1ccccc1. The first-order chi connectivity index (χ1) is 33.4. The normalized spacial score (nSPS) is 16.0. The highest BCUT2D eigenvalue weighted by Gasteiger charge is 2.33. The largest absolute Gasteiger partial charge is 0.508 e. The van der Waals surface area contributed by atoms with Crippen LogP contribution in [0, 0.1) is 5.92 Å². The van der Waals surface area contributed by atoms with Gasteiger partial charge in [0.15, 0.2) is 0 Å². The molecule has 68 heavy (non-hydrogen) atoms. The fourth-order valence-electron chi connectivity index (χ4n) is 9.72. The van der Waals surface area contributed by atoms with Crippen LogP contribution in [0.4, 0.5) is 31.4 Å². The molecular formula is C58H84N6O4. The van der Waals surface area contributed by atoms with Gasteiger partial charge in [0, 0.05) is 36.7 Å². The van der Waals surface area contributed by atoms with Crippen molar-refractivity contribution in [1.82, 2.24) is 15.1 Å². The molecule has 10 nitrogen and oxygen atoms in total. The summed E-state index contributed by atoms with van der Waals surface area (Å²) in [7, 11) is 0. The molecule has 2 aliphatic rings. The van der Waals surface area contributed by atoms with Crippen LogP contribution < -0.4 is 21.3 Å². The Morgan fingerprint density at radius 1 is 0.544 bits per heavy atom. The van der Waals surface area contributed by atoms with Crippen LogP contribution in [-0.4, -0.2) is 64.7 Å². The maximum atomic E-state index is 14.6. The number of nitrogens with zero attached hydrogens (tertiary/aromatic N) is 2. The number of hydrogen-bond acceptors (Lipinski definition) is 4. The summed E-state index contributed by atoms with van der Waals surface area (Å²) in [5, 5.41) is 22.2. The molecule has 4 aromatic rings. The standard InChI is InChI=1S/C44H56N6O4.C14H28/c1-2-3-24-39(49(30-29-34-25-27-41(51)28-26-34)43(53)47-37-20-12-6-13-21-37)33-50(44(54)48-38-22-14-7-15-23-38)40(31-35-16-8-4-9-17-35)32-45-42(52)46-36-18-10-5-11-19-36;1-2-4-6-8-10-12-14-13-11-9-7-5-3-1/h5-7,10-15,18-23,25-28,35,39-40,51H,2-4,8-9,16-17,24,29-33H2,1H3,(H,47,53)(H,48,54)(H2,45,46,52);1-14H2/t39-,40+;/m0./s1. The Morgan fingerprint density at radius 2 is 0.971 bits per heavy atom. The van der Waals surface area contributed by atoms with E-state index in [0.717, 1.165) is 50.5 Å². The molecule has 0 heterocycles. The van der Waals surface area contributed by atoms with Gasteiger partial charge in [-0.25, -0.2) is 14.4 Å². The van der Waals surface area contributed by atoms with E-state index in [1.807, 2.05) is 113 Å². The van der Waals surface area contributed by atoms with Crippen molar-refractivity contribution < 1.29 is 19.5 Å². The van der Waals surface area contributed by atoms with E-state index in [1.165, 1.54) is 96.3 Å². The second kappa shape index (κ2) is 32.3. The van der Waals surface area contributed by atoms with Gasteiger partial charge in [0.25, 0.3) is 0 Å². The predicted molar refractivity (Wildman–Crippen MR) is 283 cm³/mol. The van der Waals surface area contributed by atoms with E-state index in [9.17, 15) is 19.5 Å². The molecule has 0 unspecified atom stereocenters. The van der Waals surface area contributed by atoms with Crippen molar-refractivity contribution in [3.05, 3.63) is 121 Å². The molecule has 5 N–H and O–H groups in total. The molecule has 2 atom stereocenters. The molecule has 0 aromatic heterocycles. The average molecular weight is 929 g/mol. The van der Waals surface area contributed by atoms with Crippen LogP contribution in [0.25, 0.3) is 0 Å². The monoisotopic (exact) mass is 929 g/mol. The van der Waals surface area contributed by atoms with E-state index in [-0.39, 0.29) is 49.0 Å². The summed E-state index contributed by atoms with van der Waals surface area (Å²) in [6.07, 6.45) is 30.4. The third-order valence-electron chi connectivity index (χ3n) is 13.7. The van der Waals surface area contributed by atoms with E-state index < -0.39 is 0 Å². The third kappa shape index (κ3) is 21.2. The van der Waals surface area contributed by atoms with E-state index in [2.05, 4.69) is 28.2 Å². The number of anilines is 3. The lowest BCUT2D eigenvalue weighted by Gasteiger charge is -2.40. The lowest BCUT2D eigenvalue weighted by molar-refractivity contribution is 0.123. The molecule has 0 saturated heterocycles. The zero-order chi connectivity index (χ0) is 47.9. The van der Waals surface area contributed by atoms with Gasteiger partial charge in [-0.2, -0.15) is 0 Å². The zero-order valence-corrected chi connectivity index (χ0v) is 41.4. The fraction of sp³-hybridized carbons (Fsp3) is 0.534. The van der Waals surface area contributed by atoms with E-state index >= 15 is 0 Å². The number of amides is 6. The predicted octanol–water partition coefficient (Wildman–Crippen LogP) is 15.2. The molecule has 4 aromatic carbocycles. The first-order valence-electron chi connectivity index (χ1n) is 26.5. The number of phenols is 1. The summed E-state index contributed by atoms with van der Waals surface area (Å²) in [4.78, 5) is 45.9. The van der Waals surface area contributed by atoms with Crippen LogP contribution in [0.2, 0.25) is 0 Å². The van der Waals surface area contributed by atoms with Gasteiger partial charge in [-0.15, -0.1) is 0 Å². The highest BCUT2D eigenvalue weighted by molar-refractivity contribution is 5.91. The number of hydrogen-bond donors (Lipinski definition) is 5. The smallest absolute Gasteiger partial charge is 0.322 e. The quantitative estimate of drug-likeness (QED) is 0.0723. The summed E-state index contributed by atoms with van der Waals surface area (Å²) >= 11 is 0. The number of nitrogens with one attached hydrogen (secondary N) is 4. The van der Waals surface area contributed by atoms with Crippen molar-refractivity contribution in [3.63, 3.8) is 0 Å². The topological polar surface area (TPSA) is 126 Å². The third-order valence-corrected chi connectivity index (χ3v) is 13.7. The Balaban J connectivity index is 0.000000528. The zero-order valence-electron chi connectivity index (χ0n) is 41.4. The number of rotatable bonds is 17. The summed E-state index contributed by atoms with van der Waals surface area (Å²) in [5.41, 5.74) is 3.04. The molecular weight excluding hydrogens is 845 g/mol. The van der Waals surface area contributed by atoms with Crippen LogP contribution >= 0.6 is 0 Å². The van der Waals surface area contributed by atoms with Gasteiger partial charge in [-0.3, -0.25) is 0 Å². The molecule has 370 valence electrons. The molecule has 0 radical (unpaired) electrons. The Hall–Kier alpha value is -5.51. The molecule has 0 bridgehead atoms. The second-order valence-corrected chi connectivity index (χ2v) is 19.2. The minimum absolute atomic E-state index is 0.188. The van der Waals surface area contributed by atoms with E-state index in [0.29, 0.717) is 42.4 Å². The Morgan fingerprint density at radius 3 is 1.43 bits per heavy atom. The van der Waals surface area contributed by atoms with Gasteiger partial charge in [0.05, 0.1) is 12.1 Å². The summed E-state index contributed by atoms with van der Waals surface area (Å²) in [6.45, 7) is 3.05. The maximum Gasteiger partial charge on any atom is 0.322 e. The number of urea groups is 3. The molecule has 0 spiro atoms. The maximum absolute atomic E-state index is 14.6. The first kappa shape index (κ1) is 53.4. The molecule has 6 amide bonds. The number of carbonyl (C=O) groups excluding carboxylic acids is 3. The van der Waals surface area contributed by atoms with Crippen molar-refractivity contribution in [3.8, 4) is 5.75 Å². The van der Waals surface area contributed by atoms with Crippen LogP contribution in [0.15, 0.2) is 115 Å². The van der Waals surface area contributed by atoms with Gasteiger partial charge < -0.3 is 36.2 Å². The van der Waals surface area contributed by atoms with Crippen molar-refractivity contribution in [2.75, 3.05) is 35.6 Å². The summed E-state index contributed by atoms with van der Waals surface area (Å²) in [5.74, 6) is 0.601. The number of aromatic hydroxyl groups is 1. The number of unbranched alkanes of at least 4 members (excludes halogenated alkanes) is 1. The molecule has 2 fully saturated rings. The number of carbonyl (C=O) groups is 3. The van der Waals surface area contributed by atoms with Crippen molar-refractivity contribution in [1.29, 1.82) is 0 Å². The first-order valence-corrected chi connectivity index (χ1v) is 26.5. The van der Waals surface area contributed by atoms with Crippen molar-refractivity contribution in [2.45, 2.75) is 173 Å². The average Bonchev–Trinajstić information content (AvgIpc) is 3.36. The number of phenolic OH excluding ortho intramolecular Hbond substituents is 1. The molecule has 10 heteroatoms. The summed E-state index contributed by atoms with van der Waals surface area (Å²) in [6, 6.07) is 33.7. The minimum atomic E-state index is -0.335. The fourth-order valence-corrected chi connectivity index (χ4v) is 9.72. The van der Waals surface area contributed by atoms with Gasteiger partial charge in [-0.1, -0.05) is 208 Å². The van der Waals surface area contributed by atoms with Gasteiger partial charge in [0.1, 0.15) is 5.75 Å². The Labute approximate surface area is 409 Å². The van der Waals surface area contributed by atoms with Gasteiger partial charge in [0.2, 0.25) is 0 Å². The van der Waals surface area contributed by atoms with Crippen molar-refractivity contribution >= 4 is 35.2 Å². The lowest BCUT2D eigenvalue weighted by atomic mass is 9.84. The molecule has 2 aliphatic carbocycles. The number of benzene rings is 4. The lowest BCUT2D eigenvalue weighted by Crippen LogP contribution is -2.56. The van der Waals surface area contributed by atoms with E-state index in [1.54, 1.807) is 12.1 Å². The minimum Gasteiger partial charge on any atom is -0.508 e. The van der Waals surface area contributed by atoms with Crippen LogP contribution in [0.1, 0.15) is 160 Å². The Bertz CT molecular complexity index is 1890.